The van der Waals surface area contributed by atoms with Crippen molar-refractivity contribution in [2.24, 2.45) is 0 Å². The van der Waals surface area contributed by atoms with Gasteiger partial charge in [0.05, 0.1) is 11.6 Å². The van der Waals surface area contributed by atoms with Crippen molar-refractivity contribution in [3.8, 4) is 22.3 Å². The molecule has 0 aliphatic rings. The van der Waals surface area contributed by atoms with E-state index < -0.39 is 0 Å². The first-order valence-electron chi connectivity index (χ1n) is 16.8. The zero-order valence-electron chi connectivity index (χ0n) is 26.5. The number of para-hydroxylation sites is 1. The van der Waals surface area contributed by atoms with Crippen LogP contribution in [0.15, 0.2) is 159 Å². The molecule has 4 heteroatoms. The predicted octanol–water partition coefficient (Wildman–Crippen LogP) is 14.2. The molecule has 0 aliphatic heterocycles. The Balaban J connectivity index is 1.12. The van der Waals surface area contributed by atoms with Crippen LogP contribution in [0.5, 0.6) is 0 Å². The minimum atomic E-state index is 0.841. The van der Waals surface area contributed by atoms with E-state index in [0.29, 0.717) is 0 Å². The molecule has 3 nitrogen and oxygen atoms in total. The Morgan fingerprint density at radius 2 is 1.02 bits per heavy atom. The molecule has 8 aromatic carbocycles. The SMILES string of the molecule is c1ccc2c(c1)oc1ccc3c4cc(-c5c6ccccc6c(-c6ccc7c(c6)sc6ccc8ccoc8c67)c6ccccc56)ccc4oc3c12. The Bertz CT molecular complexity index is 3330. The monoisotopic (exact) mass is 656 g/mol. The summed E-state index contributed by atoms with van der Waals surface area (Å²) < 4.78 is 21.2. The molecular weight excluding hydrogens is 633 g/mol. The number of fused-ring (bicyclic) bond motifs is 14. The van der Waals surface area contributed by atoms with Crippen LogP contribution in [0.1, 0.15) is 0 Å². The molecule has 0 unspecified atom stereocenters. The standard InChI is InChI=1S/C46H24O3S/c1-3-9-30-28(7-1)41(26-14-18-37-35(23-26)32-17-19-38-43(46(32)49-37)33-11-5-6-12-36(33)48-38)29-8-2-4-10-31(29)42(30)27-13-16-34-40(24-27)50-39-20-15-25-21-22-47-45(25)44(34)39/h1-24H. The Morgan fingerprint density at radius 3 is 1.80 bits per heavy atom. The van der Waals surface area contributed by atoms with Crippen molar-refractivity contribution in [1.82, 2.24) is 0 Å². The number of rotatable bonds is 2. The largest absolute Gasteiger partial charge is 0.464 e. The first kappa shape index (κ1) is 26.6. The summed E-state index contributed by atoms with van der Waals surface area (Å²) in [5.41, 5.74) is 9.28. The van der Waals surface area contributed by atoms with Crippen molar-refractivity contribution in [2.75, 3.05) is 0 Å². The molecule has 0 amide bonds. The van der Waals surface area contributed by atoms with Gasteiger partial charge in [-0.3, -0.25) is 0 Å². The Kier molecular flexibility index (Phi) is 5.12. The first-order valence-corrected chi connectivity index (χ1v) is 17.6. The van der Waals surface area contributed by atoms with Crippen LogP contribution < -0.4 is 0 Å². The maximum Gasteiger partial charge on any atom is 0.147 e. The molecule has 12 rings (SSSR count). The maximum atomic E-state index is 6.59. The smallest absolute Gasteiger partial charge is 0.147 e. The fourth-order valence-electron chi connectivity index (χ4n) is 8.39. The molecular formula is C46H24O3S. The molecule has 4 aromatic heterocycles. The van der Waals surface area contributed by atoms with Crippen LogP contribution in [0.3, 0.4) is 0 Å². The van der Waals surface area contributed by atoms with Gasteiger partial charge < -0.3 is 13.3 Å². The molecule has 0 bridgehead atoms. The highest BCUT2D eigenvalue weighted by Gasteiger charge is 2.20. The molecule has 0 saturated heterocycles. The summed E-state index contributed by atoms with van der Waals surface area (Å²) in [5.74, 6) is 0. The summed E-state index contributed by atoms with van der Waals surface area (Å²) in [4.78, 5) is 0. The van der Waals surface area contributed by atoms with Gasteiger partial charge in [0.25, 0.3) is 0 Å². The quantitative estimate of drug-likeness (QED) is 0.174. The third-order valence-corrected chi connectivity index (χ3v) is 11.7. The topological polar surface area (TPSA) is 39.4 Å². The second-order valence-electron chi connectivity index (χ2n) is 13.2. The Morgan fingerprint density at radius 1 is 0.380 bits per heavy atom. The lowest BCUT2D eigenvalue weighted by atomic mass is 9.85. The highest BCUT2D eigenvalue weighted by molar-refractivity contribution is 7.26. The Hall–Kier alpha value is -6.36. The minimum absolute atomic E-state index is 0.841. The van der Waals surface area contributed by atoms with Crippen molar-refractivity contribution < 1.29 is 13.3 Å². The number of thiophene rings is 1. The molecule has 0 fully saturated rings. The molecule has 50 heavy (non-hydrogen) atoms. The van der Waals surface area contributed by atoms with Gasteiger partial charge >= 0.3 is 0 Å². The van der Waals surface area contributed by atoms with E-state index in [4.69, 9.17) is 13.3 Å². The molecule has 0 radical (unpaired) electrons. The zero-order valence-corrected chi connectivity index (χ0v) is 27.3. The van der Waals surface area contributed by atoms with E-state index >= 15 is 0 Å². The van der Waals surface area contributed by atoms with Crippen LogP contribution in [0.2, 0.25) is 0 Å². The van der Waals surface area contributed by atoms with Crippen LogP contribution in [-0.4, -0.2) is 0 Å². The third kappa shape index (κ3) is 3.48. The van der Waals surface area contributed by atoms with E-state index in [0.717, 1.165) is 54.8 Å². The van der Waals surface area contributed by atoms with Crippen molar-refractivity contribution in [3.05, 3.63) is 146 Å². The van der Waals surface area contributed by atoms with Gasteiger partial charge in [-0.1, -0.05) is 84.9 Å². The summed E-state index contributed by atoms with van der Waals surface area (Å²) in [7, 11) is 0. The van der Waals surface area contributed by atoms with Gasteiger partial charge in [-0.2, -0.15) is 0 Å². The van der Waals surface area contributed by atoms with Crippen LogP contribution in [0.25, 0.3) is 119 Å². The van der Waals surface area contributed by atoms with Crippen molar-refractivity contribution in [3.63, 3.8) is 0 Å². The summed E-state index contributed by atoms with van der Waals surface area (Å²) in [6, 6.07) is 50.1. The molecule has 12 aromatic rings. The fraction of sp³-hybridized carbons (Fsp3) is 0. The van der Waals surface area contributed by atoms with Crippen molar-refractivity contribution in [2.45, 2.75) is 0 Å². The molecule has 0 N–H and O–H groups in total. The van der Waals surface area contributed by atoms with Crippen LogP contribution in [0.4, 0.5) is 0 Å². The summed E-state index contributed by atoms with van der Waals surface area (Å²) in [5, 5.41) is 12.8. The molecule has 0 spiro atoms. The average molecular weight is 657 g/mol. The average Bonchev–Trinajstić information content (AvgIpc) is 3.95. The molecule has 0 atom stereocenters. The van der Waals surface area contributed by atoms with Crippen LogP contribution in [-0.2, 0) is 0 Å². The van der Waals surface area contributed by atoms with Gasteiger partial charge in [0.15, 0.2) is 0 Å². The number of hydrogen-bond donors (Lipinski definition) is 0. The summed E-state index contributed by atoms with van der Waals surface area (Å²) in [6.45, 7) is 0. The van der Waals surface area contributed by atoms with Gasteiger partial charge in [0, 0.05) is 41.7 Å². The second kappa shape index (κ2) is 9.63. The maximum absolute atomic E-state index is 6.59. The van der Waals surface area contributed by atoms with Gasteiger partial charge in [-0.05, 0) is 98.4 Å². The van der Waals surface area contributed by atoms with Crippen molar-refractivity contribution in [1.29, 1.82) is 0 Å². The first-order chi connectivity index (χ1) is 24.8. The van der Waals surface area contributed by atoms with E-state index in [9.17, 15) is 0 Å². The number of furan rings is 3. The molecule has 0 saturated carbocycles. The highest BCUT2D eigenvalue weighted by Crippen LogP contribution is 2.47. The third-order valence-electron chi connectivity index (χ3n) is 10.5. The van der Waals surface area contributed by atoms with Crippen LogP contribution >= 0.6 is 11.3 Å². The molecule has 0 aliphatic carbocycles. The van der Waals surface area contributed by atoms with Crippen molar-refractivity contribution >= 4 is 108 Å². The van der Waals surface area contributed by atoms with E-state index in [1.165, 1.54) is 64.0 Å². The van der Waals surface area contributed by atoms with E-state index in [1.54, 1.807) is 6.26 Å². The van der Waals surface area contributed by atoms with E-state index in [-0.39, 0.29) is 0 Å². The van der Waals surface area contributed by atoms with E-state index in [1.807, 2.05) is 29.5 Å². The van der Waals surface area contributed by atoms with Crippen LogP contribution in [0, 0.1) is 0 Å². The van der Waals surface area contributed by atoms with Gasteiger partial charge in [0.2, 0.25) is 0 Å². The lowest BCUT2D eigenvalue weighted by Crippen LogP contribution is -1.90. The minimum Gasteiger partial charge on any atom is -0.464 e. The lowest BCUT2D eigenvalue weighted by Gasteiger charge is -2.18. The second-order valence-corrected chi connectivity index (χ2v) is 14.2. The summed E-state index contributed by atoms with van der Waals surface area (Å²) >= 11 is 1.83. The zero-order chi connectivity index (χ0) is 32.5. The number of hydrogen-bond acceptors (Lipinski definition) is 4. The highest BCUT2D eigenvalue weighted by atomic mass is 32.1. The molecule has 232 valence electrons. The molecule has 4 heterocycles. The van der Waals surface area contributed by atoms with Gasteiger partial charge in [-0.25, -0.2) is 0 Å². The fourth-order valence-corrected chi connectivity index (χ4v) is 9.53. The number of benzene rings is 8. The van der Waals surface area contributed by atoms with Gasteiger partial charge in [0.1, 0.15) is 27.9 Å². The lowest BCUT2D eigenvalue weighted by molar-refractivity contribution is 0.619. The van der Waals surface area contributed by atoms with Gasteiger partial charge in [-0.15, -0.1) is 11.3 Å². The summed E-state index contributed by atoms with van der Waals surface area (Å²) in [6.07, 6.45) is 1.79. The normalized spacial score (nSPS) is 12.4. The van der Waals surface area contributed by atoms with E-state index in [2.05, 4.69) is 121 Å². The predicted molar refractivity (Wildman–Crippen MR) is 210 cm³/mol. The Labute approximate surface area is 288 Å².